The van der Waals surface area contributed by atoms with Gasteiger partial charge in [-0.15, -0.1) is 0 Å². The van der Waals surface area contributed by atoms with E-state index in [2.05, 4.69) is 45.0 Å². The van der Waals surface area contributed by atoms with Gasteiger partial charge in [-0.05, 0) is 24.0 Å². The molecule has 0 atom stereocenters. The number of hydrogen-bond acceptors (Lipinski definition) is 0. The Bertz CT molecular complexity index is 262. The van der Waals surface area contributed by atoms with Gasteiger partial charge in [-0.3, -0.25) is 0 Å². The van der Waals surface area contributed by atoms with Crippen LogP contribution in [0.3, 0.4) is 0 Å². The van der Waals surface area contributed by atoms with Gasteiger partial charge in [-0.25, -0.2) is 0 Å². The van der Waals surface area contributed by atoms with Gasteiger partial charge in [-0.2, -0.15) is 0 Å². The molecule has 0 aliphatic heterocycles. The first-order valence-corrected chi connectivity index (χ1v) is 5.70. The van der Waals surface area contributed by atoms with Crippen molar-refractivity contribution < 1.29 is 0 Å². The van der Waals surface area contributed by atoms with Gasteiger partial charge in [0.15, 0.2) is 0 Å². The zero-order chi connectivity index (χ0) is 10.4. The topological polar surface area (TPSA) is 0 Å². The van der Waals surface area contributed by atoms with Gasteiger partial charge in [0.25, 0.3) is 0 Å². The summed E-state index contributed by atoms with van der Waals surface area (Å²) in [6, 6.07) is 8.81. The van der Waals surface area contributed by atoms with Crippen LogP contribution < -0.4 is 0 Å². The minimum Gasteiger partial charge on any atom is -0.0654 e. The SMILES string of the molecule is CCC[C](C)c1ccccc1CCC. The Morgan fingerprint density at radius 1 is 1.07 bits per heavy atom. The molecule has 14 heavy (non-hydrogen) atoms. The lowest BCUT2D eigenvalue weighted by Gasteiger charge is -2.14. The molecule has 0 aliphatic carbocycles. The minimum absolute atomic E-state index is 1.21. The van der Waals surface area contributed by atoms with E-state index in [9.17, 15) is 0 Å². The molecule has 77 valence electrons. The van der Waals surface area contributed by atoms with E-state index in [0.717, 1.165) is 0 Å². The zero-order valence-electron chi connectivity index (χ0n) is 9.64. The normalized spacial score (nSPS) is 10.9. The fraction of sp³-hybridized carbons (Fsp3) is 0.500. The minimum atomic E-state index is 1.21. The quantitative estimate of drug-likeness (QED) is 0.644. The van der Waals surface area contributed by atoms with E-state index in [-0.39, 0.29) is 0 Å². The Balaban J connectivity index is 2.82. The molecule has 0 amide bonds. The first-order valence-electron chi connectivity index (χ1n) is 5.70. The molecule has 0 nitrogen and oxygen atoms in total. The Kier molecular flexibility index (Phi) is 4.72. The van der Waals surface area contributed by atoms with Crippen LogP contribution in [0.4, 0.5) is 0 Å². The van der Waals surface area contributed by atoms with E-state index < -0.39 is 0 Å². The van der Waals surface area contributed by atoms with Crippen LogP contribution >= 0.6 is 0 Å². The van der Waals surface area contributed by atoms with Gasteiger partial charge in [0.2, 0.25) is 0 Å². The first-order chi connectivity index (χ1) is 6.79. The molecule has 0 spiro atoms. The molecule has 0 bridgehead atoms. The van der Waals surface area contributed by atoms with Gasteiger partial charge >= 0.3 is 0 Å². The van der Waals surface area contributed by atoms with Crippen LogP contribution in [0.15, 0.2) is 24.3 Å². The highest BCUT2D eigenvalue weighted by Gasteiger charge is 2.08. The molecule has 0 fully saturated rings. The Morgan fingerprint density at radius 3 is 2.43 bits per heavy atom. The molecule has 0 saturated carbocycles. The maximum Gasteiger partial charge on any atom is 0.00216 e. The van der Waals surface area contributed by atoms with Crippen LogP contribution in [-0.4, -0.2) is 0 Å². The first kappa shape index (κ1) is 11.3. The highest BCUT2D eigenvalue weighted by atomic mass is 14.1. The van der Waals surface area contributed by atoms with Gasteiger partial charge in [-0.1, -0.05) is 57.9 Å². The van der Waals surface area contributed by atoms with E-state index in [1.165, 1.54) is 42.7 Å². The number of rotatable bonds is 5. The van der Waals surface area contributed by atoms with Crippen molar-refractivity contribution in [3.8, 4) is 0 Å². The average Bonchev–Trinajstić information content (AvgIpc) is 2.19. The average molecular weight is 189 g/mol. The summed E-state index contributed by atoms with van der Waals surface area (Å²) in [7, 11) is 0. The third kappa shape index (κ3) is 2.87. The molecule has 1 radical (unpaired) electrons. The van der Waals surface area contributed by atoms with Crippen LogP contribution in [0.2, 0.25) is 0 Å². The maximum absolute atomic E-state index is 2.26. The second kappa shape index (κ2) is 5.85. The third-order valence-electron chi connectivity index (χ3n) is 2.62. The summed E-state index contributed by atoms with van der Waals surface area (Å²) in [6.45, 7) is 6.75. The van der Waals surface area contributed by atoms with Crippen LogP contribution in [-0.2, 0) is 6.42 Å². The number of aryl methyl sites for hydroxylation is 1. The van der Waals surface area contributed by atoms with Crippen LogP contribution in [0, 0.1) is 5.92 Å². The van der Waals surface area contributed by atoms with Gasteiger partial charge in [0, 0.05) is 5.92 Å². The van der Waals surface area contributed by atoms with Gasteiger partial charge < -0.3 is 0 Å². The molecular weight excluding hydrogens is 168 g/mol. The van der Waals surface area contributed by atoms with Crippen molar-refractivity contribution in [3.63, 3.8) is 0 Å². The van der Waals surface area contributed by atoms with Gasteiger partial charge in [0.05, 0.1) is 0 Å². The Hall–Kier alpha value is -0.780. The van der Waals surface area contributed by atoms with E-state index in [4.69, 9.17) is 0 Å². The van der Waals surface area contributed by atoms with Crippen molar-refractivity contribution in [2.75, 3.05) is 0 Å². The lowest BCUT2D eigenvalue weighted by molar-refractivity contribution is 0.812. The fourth-order valence-corrected chi connectivity index (χ4v) is 1.93. The summed E-state index contributed by atoms with van der Waals surface area (Å²) in [5.41, 5.74) is 3.00. The van der Waals surface area contributed by atoms with E-state index >= 15 is 0 Å². The van der Waals surface area contributed by atoms with Crippen LogP contribution in [0.5, 0.6) is 0 Å². The highest BCUT2D eigenvalue weighted by Crippen LogP contribution is 2.23. The largest absolute Gasteiger partial charge is 0.0654 e. The lowest BCUT2D eigenvalue weighted by atomic mass is 9.90. The fourth-order valence-electron chi connectivity index (χ4n) is 1.93. The standard InChI is InChI=1S/C14H21/c1-4-8-12(3)14-11-7-6-10-13(14)9-5-2/h6-7,10-11H,4-5,8-9H2,1-3H3. The molecule has 0 heteroatoms. The molecule has 0 aliphatic rings. The van der Waals surface area contributed by atoms with Crippen molar-refractivity contribution >= 4 is 0 Å². The summed E-state index contributed by atoms with van der Waals surface area (Å²) < 4.78 is 0. The Morgan fingerprint density at radius 2 is 1.79 bits per heavy atom. The van der Waals surface area contributed by atoms with E-state index in [1.54, 1.807) is 0 Å². The number of hydrogen-bond donors (Lipinski definition) is 0. The van der Waals surface area contributed by atoms with Gasteiger partial charge in [0.1, 0.15) is 0 Å². The molecule has 0 heterocycles. The molecule has 0 N–H and O–H groups in total. The third-order valence-corrected chi connectivity index (χ3v) is 2.62. The lowest BCUT2D eigenvalue weighted by Crippen LogP contribution is -1.99. The van der Waals surface area contributed by atoms with Crippen molar-refractivity contribution in [2.24, 2.45) is 0 Å². The predicted octanol–water partition coefficient (Wildman–Crippen LogP) is 4.38. The molecule has 1 aromatic carbocycles. The monoisotopic (exact) mass is 189 g/mol. The predicted molar refractivity (Wildman–Crippen MR) is 63.4 cm³/mol. The summed E-state index contributed by atoms with van der Waals surface area (Å²) in [4.78, 5) is 0. The summed E-state index contributed by atoms with van der Waals surface area (Å²) >= 11 is 0. The Labute approximate surface area is 88.4 Å². The zero-order valence-corrected chi connectivity index (χ0v) is 9.64. The molecule has 0 aromatic heterocycles. The van der Waals surface area contributed by atoms with Crippen molar-refractivity contribution in [1.29, 1.82) is 0 Å². The molecule has 1 aromatic rings. The second-order valence-corrected chi connectivity index (χ2v) is 3.94. The maximum atomic E-state index is 2.26. The van der Waals surface area contributed by atoms with Crippen LogP contribution in [0.25, 0.3) is 0 Å². The summed E-state index contributed by atoms with van der Waals surface area (Å²) in [5, 5.41) is 0. The van der Waals surface area contributed by atoms with E-state index in [0.29, 0.717) is 0 Å². The summed E-state index contributed by atoms with van der Waals surface area (Å²) in [6.07, 6.45) is 4.90. The van der Waals surface area contributed by atoms with Crippen LogP contribution in [0.1, 0.15) is 51.2 Å². The molecule has 0 unspecified atom stereocenters. The van der Waals surface area contributed by atoms with E-state index in [1.807, 2.05) is 0 Å². The van der Waals surface area contributed by atoms with Crippen molar-refractivity contribution in [1.82, 2.24) is 0 Å². The molecular formula is C14H21. The second-order valence-electron chi connectivity index (χ2n) is 3.94. The molecule has 0 saturated heterocycles. The van der Waals surface area contributed by atoms with Crippen molar-refractivity contribution in [2.45, 2.75) is 46.5 Å². The van der Waals surface area contributed by atoms with Crippen molar-refractivity contribution in [3.05, 3.63) is 41.3 Å². The molecule has 1 rings (SSSR count). The summed E-state index contributed by atoms with van der Waals surface area (Å²) in [5.74, 6) is 1.54. The smallest absolute Gasteiger partial charge is 0.00216 e. The highest BCUT2D eigenvalue weighted by molar-refractivity contribution is 5.37. The number of benzene rings is 1.